The van der Waals surface area contributed by atoms with Gasteiger partial charge in [-0.05, 0) is 13.3 Å². The van der Waals surface area contributed by atoms with Crippen molar-refractivity contribution < 1.29 is 13.2 Å². The van der Waals surface area contributed by atoms with Crippen molar-refractivity contribution in [2.24, 2.45) is 0 Å². The summed E-state index contributed by atoms with van der Waals surface area (Å²) in [6.45, 7) is 2.92. The highest BCUT2D eigenvalue weighted by atomic mass is 19.1. The minimum atomic E-state index is -0.831. The summed E-state index contributed by atoms with van der Waals surface area (Å²) in [5.74, 6) is -2.41. The van der Waals surface area contributed by atoms with Crippen molar-refractivity contribution in [3.05, 3.63) is 34.6 Å². The average Bonchev–Trinajstić information content (AvgIpc) is 2.01. The summed E-state index contributed by atoms with van der Waals surface area (Å²) >= 11 is 0. The summed E-state index contributed by atoms with van der Waals surface area (Å²) in [5.41, 5.74) is -0.165. The van der Waals surface area contributed by atoms with Crippen LogP contribution in [0.4, 0.5) is 13.2 Å². The summed E-state index contributed by atoms with van der Waals surface area (Å²) < 4.78 is 38.5. The molecule has 0 heterocycles. The molecule has 1 aromatic rings. The standard InChI is InChI=1S/C9H9F3/c1-3-6-8(11)4-7(10)5(2)9(6)12/h4H,3H2,1-2H3. The Balaban J connectivity index is 3.40. The maximum absolute atomic E-state index is 13.0. The molecule has 0 aliphatic rings. The van der Waals surface area contributed by atoms with Gasteiger partial charge in [0.05, 0.1) is 0 Å². The van der Waals surface area contributed by atoms with Crippen molar-refractivity contribution in [3.8, 4) is 0 Å². The topological polar surface area (TPSA) is 0 Å². The highest BCUT2D eigenvalue weighted by molar-refractivity contribution is 5.27. The van der Waals surface area contributed by atoms with E-state index in [1.54, 1.807) is 6.92 Å². The summed E-state index contributed by atoms with van der Waals surface area (Å²) in [4.78, 5) is 0. The molecule has 0 nitrogen and oxygen atoms in total. The van der Waals surface area contributed by atoms with E-state index in [2.05, 4.69) is 0 Å². The molecule has 0 atom stereocenters. The van der Waals surface area contributed by atoms with Gasteiger partial charge in [0, 0.05) is 17.2 Å². The number of halogens is 3. The van der Waals surface area contributed by atoms with E-state index in [0.717, 1.165) is 6.07 Å². The van der Waals surface area contributed by atoms with Crippen LogP contribution in [-0.2, 0) is 6.42 Å². The van der Waals surface area contributed by atoms with Gasteiger partial charge in [-0.1, -0.05) is 6.92 Å². The second-order valence-electron chi connectivity index (χ2n) is 2.61. The molecular formula is C9H9F3. The largest absolute Gasteiger partial charge is 0.206 e. The summed E-state index contributed by atoms with van der Waals surface area (Å²) in [5, 5.41) is 0. The molecular weight excluding hydrogens is 165 g/mol. The van der Waals surface area contributed by atoms with Gasteiger partial charge in [0.25, 0.3) is 0 Å². The van der Waals surface area contributed by atoms with E-state index in [1.165, 1.54) is 6.92 Å². The minimum Gasteiger partial charge on any atom is -0.206 e. The molecule has 0 aliphatic heterocycles. The average molecular weight is 174 g/mol. The normalized spacial score (nSPS) is 10.4. The lowest BCUT2D eigenvalue weighted by molar-refractivity contribution is 0.516. The van der Waals surface area contributed by atoms with Gasteiger partial charge in [0.15, 0.2) is 0 Å². The van der Waals surface area contributed by atoms with E-state index in [1.807, 2.05) is 0 Å². The second-order valence-corrected chi connectivity index (χ2v) is 2.61. The van der Waals surface area contributed by atoms with Crippen LogP contribution in [0.25, 0.3) is 0 Å². The molecule has 0 aromatic heterocycles. The van der Waals surface area contributed by atoms with Gasteiger partial charge in [0.1, 0.15) is 17.5 Å². The third-order valence-corrected chi connectivity index (χ3v) is 1.85. The van der Waals surface area contributed by atoms with E-state index < -0.39 is 17.5 Å². The van der Waals surface area contributed by atoms with Crippen LogP contribution in [0.5, 0.6) is 0 Å². The molecule has 0 saturated carbocycles. The lowest BCUT2D eigenvalue weighted by Gasteiger charge is -2.05. The molecule has 0 N–H and O–H groups in total. The van der Waals surface area contributed by atoms with E-state index in [0.29, 0.717) is 0 Å². The van der Waals surface area contributed by atoms with E-state index >= 15 is 0 Å². The molecule has 0 spiro atoms. The fourth-order valence-corrected chi connectivity index (χ4v) is 1.07. The summed E-state index contributed by atoms with van der Waals surface area (Å²) in [6, 6.07) is 0.719. The molecule has 0 amide bonds. The fraction of sp³-hybridized carbons (Fsp3) is 0.333. The van der Waals surface area contributed by atoms with E-state index in [4.69, 9.17) is 0 Å². The Bertz CT molecular complexity index is 305. The lowest BCUT2D eigenvalue weighted by Crippen LogP contribution is -1.99. The minimum absolute atomic E-state index is 0.0473. The first kappa shape index (κ1) is 9.10. The van der Waals surface area contributed by atoms with Gasteiger partial charge in [-0.15, -0.1) is 0 Å². The van der Waals surface area contributed by atoms with Crippen LogP contribution in [0.3, 0.4) is 0 Å². The zero-order valence-corrected chi connectivity index (χ0v) is 6.92. The van der Waals surface area contributed by atoms with Crippen LogP contribution < -0.4 is 0 Å². The molecule has 0 radical (unpaired) electrons. The first-order chi connectivity index (χ1) is 5.57. The highest BCUT2D eigenvalue weighted by Gasteiger charge is 2.13. The molecule has 12 heavy (non-hydrogen) atoms. The predicted octanol–water partition coefficient (Wildman–Crippen LogP) is 2.97. The highest BCUT2D eigenvalue weighted by Crippen LogP contribution is 2.19. The van der Waals surface area contributed by atoms with Crippen LogP contribution in [0.2, 0.25) is 0 Å². The van der Waals surface area contributed by atoms with Gasteiger partial charge >= 0.3 is 0 Å². The van der Waals surface area contributed by atoms with Gasteiger partial charge in [-0.2, -0.15) is 0 Å². The van der Waals surface area contributed by atoms with Crippen LogP contribution in [0.1, 0.15) is 18.1 Å². The first-order valence-electron chi connectivity index (χ1n) is 3.70. The van der Waals surface area contributed by atoms with Crippen LogP contribution in [0, 0.1) is 24.4 Å². The number of hydrogen-bond donors (Lipinski definition) is 0. The smallest absolute Gasteiger partial charge is 0.135 e. The van der Waals surface area contributed by atoms with Crippen molar-refractivity contribution in [2.45, 2.75) is 20.3 Å². The summed E-state index contributed by atoms with van der Waals surface area (Å²) in [7, 11) is 0. The van der Waals surface area contributed by atoms with Gasteiger partial charge in [-0.3, -0.25) is 0 Å². The van der Waals surface area contributed by atoms with Crippen molar-refractivity contribution >= 4 is 0 Å². The monoisotopic (exact) mass is 174 g/mol. The molecule has 3 heteroatoms. The van der Waals surface area contributed by atoms with Crippen LogP contribution in [-0.4, -0.2) is 0 Å². The number of benzene rings is 1. The number of rotatable bonds is 1. The molecule has 1 aromatic carbocycles. The molecule has 1 rings (SSSR count). The lowest BCUT2D eigenvalue weighted by atomic mass is 10.1. The van der Waals surface area contributed by atoms with Gasteiger partial charge in [0.2, 0.25) is 0 Å². The Hall–Kier alpha value is -0.990. The molecule has 0 fully saturated rings. The van der Waals surface area contributed by atoms with Crippen molar-refractivity contribution in [1.82, 2.24) is 0 Å². The molecule has 0 unspecified atom stereocenters. The van der Waals surface area contributed by atoms with Crippen LogP contribution >= 0.6 is 0 Å². The Morgan fingerprint density at radius 1 is 1.17 bits per heavy atom. The van der Waals surface area contributed by atoms with Crippen LogP contribution in [0.15, 0.2) is 6.07 Å². The van der Waals surface area contributed by atoms with Crippen molar-refractivity contribution in [3.63, 3.8) is 0 Å². The van der Waals surface area contributed by atoms with E-state index in [9.17, 15) is 13.2 Å². The predicted molar refractivity (Wildman–Crippen MR) is 40.4 cm³/mol. The third-order valence-electron chi connectivity index (χ3n) is 1.85. The third kappa shape index (κ3) is 1.31. The Labute approximate surface area is 69.0 Å². The van der Waals surface area contributed by atoms with Crippen molar-refractivity contribution in [1.29, 1.82) is 0 Å². The zero-order chi connectivity index (χ0) is 9.30. The molecule has 66 valence electrons. The quantitative estimate of drug-likeness (QED) is 0.614. The fourth-order valence-electron chi connectivity index (χ4n) is 1.07. The second kappa shape index (κ2) is 3.17. The summed E-state index contributed by atoms with van der Waals surface area (Å²) in [6.07, 6.45) is 0.235. The molecule has 0 bridgehead atoms. The zero-order valence-electron chi connectivity index (χ0n) is 6.92. The maximum Gasteiger partial charge on any atom is 0.135 e. The number of hydrogen-bond acceptors (Lipinski definition) is 0. The van der Waals surface area contributed by atoms with Gasteiger partial charge in [-0.25, -0.2) is 13.2 Å². The maximum atomic E-state index is 13.0. The Morgan fingerprint density at radius 3 is 2.25 bits per heavy atom. The van der Waals surface area contributed by atoms with Crippen molar-refractivity contribution in [2.75, 3.05) is 0 Å². The molecule has 0 saturated heterocycles. The van der Waals surface area contributed by atoms with E-state index in [-0.39, 0.29) is 17.5 Å². The Morgan fingerprint density at radius 2 is 1.75 bits per heavy atom. The Kier molecular flexibility index (Phi) is 2.40. The van der Waals surface area contributed by atoms with Gasteiger partial charge < -0.3 is 0 Å². The SMILES string of the molecule is CCc1c(F)cc(F)c(C)c1F. The molecule has 0 aliphatic carbocycles. The first-order valence-corrected chi connectivity index (χ1v) is 3.70.